The molecule has 0 bridgehead atoms. The minimum Gasteiger partial charge on any atom is -0.463 e. The van der Waals surface area contributed by atoms with Crippen LogP contribution in [0.5, 0.6) is 0 Å². The highest BCUT2D eigenvalue weighted by Crippen LogP contribution is 2.67. The van der Waals surface area contributed by atoms with E-state index in [0.717, 1.165) is 31.1 Å². The van der Waals surface area contributed by atoms with Crippen molar-refractivity contribution >= 4 is 23.4 Å². The van der Waals surface area contributed by atoms with Gasteiger partial charge in [0.1, 0.15) is 6.10 Å². The van der Waals surface area contributed by atoms with E-state index >= 15 is 0 Å². The van der Waals surface area contributed by atoms with Gasteiger partial charge in [-0.05, 0) is 92.3 Å². The number of rotatable bonds is 3. The van der Waals surface area contributed by atoms with Gasteiger partial charge in [0.05, 0.1) is 5.88 Å². The molecule has 4 heteroatoms. The Hall–Kier alpha value is -0.570. The first-order chi connectivity index (χ1) is 12.8. The van der Waals surface area contributed by atoms with Crippen LogP contribution >= 0.6 is 11.6 Å². The van der Waals surface area contributed by atoms with Crippen LogP contribution in [0.25, 0.3) is 0 Å². The summed E-state index contributed by atoms with van der Waals surface area (Å²) >= 11 is 5.94. The average molecular weight is 395 g/mol. The number of hydrogen-bond donors (Lipinski definition) is 0. The zero-order valence-corrected chi connectivity index (χ0v) is 17.9. The molecule has 4 saturated carbocycles. The normalized spacial score (nSPS) is 48.9. The fourth-order valence-corrected chi connectivity index (χ4v) is 8.37. The van der Waals surface area contributed by atoms with Gasteiger partial charge >= 0.3 is 5.97 Å². The molecule has 0 saturated heterocycles. The van der Waals surface area contributed by atoms with Crippen molar-refractivity contribution in [3.8, 4) is 0 Å². The van der Waals surface area contributed by atoms with Gasteiger partial charge in [0.15, 0.2) is 5.78 Å². The van der Waals surface area contributed by atoms with Crippen molar-refractivity contribution in [1.29, 1.82) is 0 Å². The van der Waals surface area contributed by atoms with E-state index in [9.17, 15) is 9.59 Å². The number of fused-ring (bicyclic) bond motifs is 5. The summed E-state index contributed by atoms with van der Waals surface area (Å²) in [5.74, 6) is 3.43. The third-order valence-corrected chi connectivity index (χ3v) is 9.73. The molecule has 0 spiro atoms. The molecule has 4 fully saturated rings. The van der Waals surface area contributed by atoms with Gasteiger partial charge in [0.2, 0.25) is 0 Å². The van der Waals surface area contributed by atoms with Crippen LogP contribution in [0.2, 0.25) is 0 Å². The Bertz CT molecular complexity index is 619. The molecule has 0 amide bonds. The molecule has 4 aliphatic carbocycles. The standard InChI is InChI=1S/C23H35ClO3/c1-14(25)27-16-8-10-22(2)15(12-16)4-5-17-18-6-7-20(21(26)13-24)23(18,3)11-9-19(17)22/h15-20H,4-13H2,1-3H3/t15-,16-,17+,18+,19+,20-,22+,23+/m1/s1. The van der Waals surface area contributed by atoms with Crippen LogP contribution in [0, 0.1) is 40.4 Å². The molecule has 0 aliphatic heterocycles. The molecule has 0 unspecified atom stereocenters. The zero-order chi connectivity index (χ0) is 19.4. The minimum absolute atomic E-state index is 0.128. The van der Waals surface area contributed by atoms with E-state index in [-0.39, 0.29) is 35.1 Å². The Morgan fingerprint density at radius 1 is 0.963 bits per heavy atom. The number of hydrogen-bond acceptors (Lipinski definition) is 3. The van der Waals surface area contributed by atoms with Crippen molar-refractivity contribution in [1.82, 2.24) is 0 Å². The second kappa shape index (κ2) is 7.04. The van der Waals surface area contributed by atoms with Gasteiger partial charge in [0.25, 0.3) is 0 Å². The van der Waals surface area contributed by atoms with Crippen molar-refractivity contribution in [2.75, 3.05) is 5.88 Å². The molecule has 27 heavy (non-hydrogen) atoms. The smallest absolute Gasteiger partial charge is 0.302 e. The highest BCUT2D eigenvalue weighted by molar-refractivity contribution is 6.28. The molecule has 4 rings (SSSR count). The number of ether oxygens (including phenoxy) is 1. The summed E-state index contributed by atoms with van der Waals surface area (Å²) in [4.78, 5) is 23.9. The number of carbonyl (C=O) groups is 2. The van der Waals surface area contributed by atoms with Gasteiger partial charge in [-0.3, -0.25) is 9.59 Å². The van der Waals surface area contributed by atoms with E-state index in [4.69, 9.17) is 16.3 Å². The monoisotopic (exact) mass is 394 g/mol. The van der Waals surface area contributed by atoms with E-state index in [0.29, 0.717) is 17.3 Å². The maximum Gasteiger partial charge on any atom is 0.302 e. The van der Waals surface area contributed by atoms with Crippen molar-refractivity contribution < 1.29 is 14.3 Å². The lowest BCUT2D eigenvalue weighted by Crippen LogP contribution is -2.54. The van der Waals surface area contributed by atoms with E-state index < -0.39 is 0 Å². The molecule has 3 nitrogen and oxygen atoms in total. The lowest BCUT2D eigenvalue weighted by atomic mass is 9.44. The van der Waals surface area contributed by atoms with Crippen molar-refractivity contribution in [3.63, 3.8) is 0 Å². The first-order valence-electron chi connectivity index (χ1n) is 11.1. The molecule has 8 atom stereocenters. The molecule has 0 aromatic carbocycles. The second-order valence-corrected chi connectivity index (χ2v) is 10.7. The molecule has 0 aromatic rings. The molecule has 0 radical (unpaired) electrons. The molecular formula is C23H35ClO3. The predicted octanol–water partition coefficient (Wildman–Crippen LogP) is 5.38. The van der Waals surface area contributed by atoms with Crippen LogP contribution < -0.4 is 0 Å². The van der Waals surface area contributed by atoms with Crippen molar-refractivity contribution in [2.24, 2.45) is 40.4 Å². The molecule has 0 aromatic heterocycles. The number of Topliss-reactive ketones (excluding diaryl/α,β-unsaturated/α-hetero) is 1. The Morgan fingerprint density at radius 2 is 1.67 bits per heavy atom. The van der Waals surface area contributed by atoms with E-state index in [1.165, 1.54) is 45.4 Å². The lowest BCUT2D eigenvalue weighted by Gasteiger charge is -2.61. The van der Waals surface area contributed by atoms with Gasteiger partial charge in [-0.2, -0.15) is 0 Å². The Balaban J connectivity index is 1.53. The van der Waals surface area contributed by atoms with Crippen LogP contribution in [0.4, 0.5) is 0 Å². The van der Waals surface area contributed by atoms with E-state index in [1.807, 2.05) is 0 Å². The van der Waals surface area contributed by atoms with Crippen LogP contribution in [-0.2, 0) is 14.3 Å². The van der Waals surface area contributed by atoms with Crippen molar-refractivity contribution in [2.45, 2.75) is 84.7 Å². The van der Waals surface area contributed by atoms with E-state index in [2.05, 4.69) is 13.8 Å². The topological polar surface area (TPSA) is 43.4 Å². The maximum absolute atomic E-state index is 12.5. The molecule has 152 valence electrons. The number of alkyl halides is 1. The summed E-state index contributed by atoms with van der Waals surface area (Å²) in [6.07, 6.45) is 10.6. The zero-order valence-electron chi connectivity index (χ0n) is 17.1. The predicted molar refractivity (Wildman–Crippen MR) is 106 cm³/mol. The largest absolute Gasteiger partial charge is 0.463 e. The molecule has 0 heterocycles. The fraction of sp³-hybridized carbons (Fsp3) is 0.913. The molecule has 0 N–H and O–H groups in total. The van der Waals surface area contributed by atoms with Crippen LogP contribution in [0.3, 0.4) is 0 Å². The summed E-state index contributed by atoms with van der Waals surface area (Å²) in [6, 6.07) is 0. The highest BCUT2D eigenvalue weighted by Gasteiger charge is 2.61. The highest BCUT2D eigenvalue weighted by atomic mass is 35.5. The van der Waals surface area contributed by atoms with Crippen LogP contribution in [0.1, 0.15) is 78.6 Å². The second-order valence-electron chi connectivity index (χ2n) is 10.4. The first-order valence-corrected chi connectivity index (χ1v) is 11.6. The number of esters is 1. The summed E-state index contributed by atoms with van der Waals surface area (Å²) in [5.41, 5.74) is 0.556. The number of ketones is 1. The third-order valence-electron chi connectivity index (χ3n) is 9.47. The van der Waals surface area contributed by atoms with Gasteiger partial charge in [-0.25, -0.2) is 0 Å². The average Bonchev–Trinajstić information content (AvgIpc) is 2.98. The van der Waals surface area contributed by atoms with Crippen molar-refractivity contribution in [3.05, 3.63) is 0 Å². The quantitative estimate of drug-likeness (QED) is 0.476. The maximum atomic E-state index is 12.5. The Labute approximate surface area is 168 Å². The van der Waals surface area contributed by atoms with Crippen LogP contribution in [-0.4, -0.2) is 23.7 Å². The van der Waals surface area contributed by atoms with Gasteiger partial charge < -0.3 is 4.74 Å². The molecule has 4 aliphatic rings. The Kier molecular flexibility index (Phi) is 5.15. The molecular weight excluding hydrogens is 360 g/mol. The lowest BCUT2D eigenvalue weighted by molar-refractivity contribution is -0.160. The first kappa shape index (κ1) is 19.7. The summed E-state index contributed by atoms with van der Waals surface area (Å²) in [7, 11) is 0. The third kappa shape index (κ3) is 3.07. The van der Waals surface area contributed by atoms with E-state index in [1.54, 1.807) is 0 Å². The summed E-state index contributed by atoms with van der Waals surface area (Å²) in [6.45, 7) is 6.45. The van der Waals surface area contributed by atoms with Gasteiger partial charge in [-0.1, -0.05) is 13.8 Å². The Morgan fingerprint density at radius 3 is 2.37 bits per heavy atom. The fourth-order valence-electron chi connectivity index (χ4n) is 8.18. The van der Waals surface area contributed by atoms with Crippen LogP contribution in [0.15, 0.2) is 0 Å². The summed E-state index contributed by atoms with van der Waals surface area (Å²) in [5, 5.41) is 0. The number of halogens is 1. The summed E-state index contributed by atoms with van der Waals surface area (Å²) < 4.78 is 5.57. The minimum atomic E-state index is -0.133. The van der Waals surface area contributed by atoms with Gasteiger partial charge in [-0.15, -0.1) is 11.6 Å². The van der Waals surface area contributed by atoms with Gasteiger partial charge in [0, 0.05) is 12.8 Å². The SMILES string of the molecule is CC(=O)O[C@@H]1CC[C@@]2(C)[C@H](CC[C@@H]3[C@@H]2CC[C@]2(C)[C@@H](C(=O)CCl)CC[C@@H]32)C1. The number of carbonyl (C=O) groups excluding carboxylic acids is 2.